The Kier molecular flexibility index (Phi) is 6.40. The van der Waals surface area contributed by atoms with E-state index in [0.29, 0.717) is 0 Å². The number of hydrogen-bond donors (Lipinski definition) is 0. The van der Waals surface area contributed by atoms with Gasteiger partial charge in [0, 0.05) is 23.0 Å². The summed E-state index contributed by atoms with van der Waals surface area (Å²) in [6.07, 6.45) is 0. The van der Waals surface area contributed by atoms with Gasteiger partial charge in [-0.05, 0) is 35.4 Å². The van der Waals surface area contributed by atoms with Gasteiger partial charge in [-0.3, -0.25) is 0 Å². The zero-order valence-electron chi connectivity index (χ0n) is 11.0. The van der Waals surface area contributed by atoms with Crippen LogP contribution in [0.1, 0.15) is 11.1 Å². The molecule has 0 aromatic heterocycles. The fraction of sp³-hybridized carbons (Fsp3) is 0.250. The standard InChI is InChI=1S/C16H16F2S2/c17-15-5-1-3-13(9-15)11-19-7-8-20-12-14-4-2-6-16(18)10-14/h1-6,9-10H,7-8,11-12H2. The molecule has 0 N–H and O–H groups in total. The van der Waals surface area contributed by atoms with E-state index in [1.165, 1.54) is 12.1 Å². The van der Waals surface area contributed by atoms with Crippen molar-refractivity contribution in [1.29, 1.82) is 0 Å². The van der Waals surface area contributed by atoms with E-state index in [4.69, 9.17) is 0 Å². The Morgan fingerprint density at radius 2 is 1.15 bits per heavy atom. The van der Waals surface area contributed by atoms with Crippen LogP contribution in [0, 0.1) is 11.6 Å². The summed E-state index contributed by atoms with van der Waals surface area (Å²) in [5.41, 5.74) is 2.04. The summed E-state index contributed by atoms with van der Waals surface area (Å²) >= 11 is 3.58. The molecule has 0 nitrogen and oxygen atoms in total. The van der Waals surface area contributed by atoms with Crippen LogP contribution >= 0.6 is 23.5 Å². The minimum atomic E-state index is -0.177. The fourth-order valence-corrected chi connectivity index (χ4v) is 3.81. The highest BCUT2D eigenvalue weighted by molar-refractivity contribution is 8.02. The van der Waals surface area contributed by atoms with Crippen molar-refractivity contribution in [2.45, 2.75) is 11.5 Å². The maximum absolute atomic E-state index is 13.0. The van der Waals surface area contributed by atoms with Gasteiger partial charge in [-0.2, -0.15) is 23.5 Å². The third kappa shape index (κ3) is 5.55. The first kappa shape index (κ1) is 15.4. The maximum Gasteiger partial charge on any atom is 0.123 e. The molecule has 0 saturated heterocycles. The third-order valence-corrected chi connectivity index (χ3v) is 5.01. The molecule has 0 aliphatic rings. The molecule has 0 saturated carbocycles. The van der Waals surface area contributed by atoms with E-state index in [1.807, 2.05) is 12.1 Å². The summed E-state index contributed by atoms with van der Waals surface area (Å²) in [7, 11) is 0. The van der Waals surface area contributed by atoms with Crippen LogP contribution in [-0.2, 0) is 11.5 Å². The van der Waals surface area contributed by atoms with Gasteiger partial charge in [-0.25, -0.2) is 8.78 Å². The van der Waals surface area contributed by atoms with Crippen LogP contribution in [0.2, 0.25) is 0 Å². The molecule has 106 valence electrons. The van der Waals surface area contributed by atoms with E-state index in [-0.39, 0.29) is 11.6 Å². The van der Waals surface area contributed by atoms with Gasteiger partial charge in [0.1, 0.15) is 11.6 Å². The summed E-state index contributed by atoms with van der Waals surface area (Å²) in [6.45, 7) is 0. The molecule has 0 unspecified atom stereocenters. The Morgan fingerprint density at radius 1 is 0.700 bits per heavy atom. The van der Waals surface area contributed by atoms with Crippen molar-refractivity contribution in [2.75, 3.05) is 11.5 Å². The largest absolute Gasteiger partial charge is 0.207 e. The topological polar surface area (TPSA) is 0 Å². The smallest absolute Gasteiger partial charge is 0.123 e. The molecule has 0 heterocycles. The summed E-state index contributed by atoms with van der Waals surface area (Å²) in [4.78, 5) is 0. The van der Waals surface area contributed by atoms with E-state index in [2.05, 4.69) is 0 Å². The van der Waals surface area contributed by atoms with Crippen LogP contribution in [0.25, 0.3) is 0 Å². The maximum atomic E-state index is 13.0. The zero-order chi connectivity index (χ0) is 14.2. The number of hydrogen-bond acceptors (Lipinski definition) is 2. The minimum absolute atomic E-state index is 0.177. The van der Waals surface area contributed by atoms with E-state index in [9.17, 15) is 8.78 Å². The molecule has 0 spiro atoms. The molecule has 0 bridgehead atoms. The predicted octanol–water partition coefficient (Wildman–Crippen LogP) is 5.13. The molecule has 2 aromatic carbocycles. The van der Waals surface area contributed by atoms with Gasteiger partial charge in [0.05, 0.1) is 0 Å². The molecule has 0 radical (unpaired) electrons. The van der Waals surface area contributed by atoms with Crippen molar-refractivity contribution in [1.82, 2.24) is 0 Å². The van der Waals surface area contributed by atoms with Gasteiger partial charge < -0.3 is 0 Å². The number of rotatable bonds is 7. The molecule has 0 aliphatic carbocycles. The molecule has 0 fully saturated rings. The quantitative estimate of drug-likeness (QED) is 0.650. The van der Waals surface area contributed by atoms with Crippen LogP contribution < -0.4 is 0 Å². The first-order valence-corrected chi connectivity index (χ1v) is 8.69. The Hall–Kier alpha value is -1.00. The van der Waals surface area contributed by atoms with E-state index >= 15 is 0 Å². The van der Waals surface area contributed by atoms with Crippen LogP contribution in [0.5, 0.6) is 0 Å². The van der Waals surface area contributed by atoms with Crippen LogP contribution in [-0.4, -0.2) is 11.5 Å². The van der Waals surface area contributed by atoms with Crippen LogP contribution in [0.3, 0.4) is 0 Å². The lowest BCUT2D eigenvalue weighted by Gasteiger charge is -2.03. The monoisotopic (exact) mass is 310 g/mol. The van der Waals surface area contributed by atoms with Crippen molar-refractivity contribution in [3.63, 3.8) is 0 Å². The second kappa shape index (κ2) is 8.32. The summed E-state index contributed by atoms with van der Waals surface area (Å²) in [6, 6.07) is 13.4. The van der Waals surface area contributed by atoms with Gasteiger partial charge in [-0.15, -0.1) is 0 Å². The van der Waals surface area contributed by atoms with Crippen LogP contribution in [0.15, 0.2) is 48.5 Å². The van der Waals surface area contributed by atoms with Crippen molar-refractivity contribution < 1.29 is 8.78 Å². The molecular formula is C16H16F2S2. The second-order valence-corrected chi connectivity index (χ2v) is 6.58. The minimum Gasteiger partial charge on any atom is -0.207 e. The van der Waals surface area contributed by atoms with E-state index < -0.39 is 0 Å². The molecule has 0 aliphatic heterocycles. The number of halogens is 2. The predicted molar refractivity (Wildman–Crippen MR) is 85.1 cm³/mol. The summed E-state index contributed by atoms with van der Waals surface area (Å²) in [5.74, 6) is 3.33. The molecule has 0 atom stereocenters. The van der Waals surface area contributed by atoms with Gasteiger partial charge >= 0.3 is 0 Å². The Bertz CT molecular complexity index is 494. The first-order chi connectivity index (χ1) is 9.74. The first-order valence-electron chi connectivity index (χ1n) is 6.38. The average molecular weight is 310 g/mol. The molecule has 2 rings (SSSR count). The Morgan fingerprint density at radius 3 is 1.55 bits per heavy atom. The van der Waals surface area contributed by atoms with Crippen molar-refractivity contribution in [3.05, 3.63) is 71.3 Å². The highest BCUT2D eigenvalue weighted by Gasteiger charge is 1.98. The Balaban J connectivity index is 1.60. The number of thioether (sulfide) groups is 2. The van der Waals surface area contributed by atoms with Gasteiger partial charge in [0.2, 0.25) is 0 Å². The molecule has 4 heteroatoms. The average Bonchev–Trinajstić information content (AvgIpc) is 2.43. The zero-order valence-corrected chi connectivity index (χ0v) is 12.7. The van der Waals surface area contributed by atoms with Gasteiger partial charge in [-0.1, -0.05) is 24.3 Å². The summed E-state index contributed by atoms with van der Waals surface area (Å²) < 4.78 is 25.9. The number of benzene rings is 2. The lowest BCUT2D eigenvalue weighted by molar-refractivity contribution is 0.626. The lowest BCUT2D eigenvalue weighted by Crippen LogP contribution is -1.89. The van der Waals surface area contributed by atoms with Crippen molar-refractivity contribution in [3.8, 4) is 0 Å². The highest BCUT2D eigenvalue weighted by Crippen LogP contribution is 2.17. The van der Waals surface area contributed by atoms with E-state index in [1.54, 1.807) is 47.8 Å². The molecule has 20 heavy (non-hydrogen) atoms. The Labute approximate surface area is 127 Å². The van der Waals surface area contributed by atoms with Crippen molar-refractivity contribution >= 4 is 23.5 Å². The lowest BCUT2D eigenvalue weighted by atomic mass is 10.2. The molecule has 0 amide bonds. The molecule has 2 aromatic rings. The third-order valence-electron chi connectivity index (χ3n) is 2.69. The van der Waals surface area contributed by atoms with Crippen molar-refractivity contribution in [2.24, 2.45) is 0 Å². The van der Waals surface area contributed by atoms with Gasteiger partial charge in [0.15, 0.2) is 0 Å². The second-order valence-electron chi connectivity index (χ2n) is 4.37. The van der Waals surface area contributed by atoms with Gasteiger partial charge in [0.25, 0.3) is 0 Å². The fourth-order valence-electron chi connectivity index (χ4n) is 1.75. The molecular weight excluding hydrogens is 294 g/mol. The SMILES string of the molecule is Fc1cccc(CSCCSCc2cccc(F)c2)c1. The normalized spacial score (nSPS) is 10.7. The van der Waals surface area contributed by atoms with Crippen LogP contribution in [0.4, 0.5) is 8.78 Å². The summed E-state index contributed by atoms with van der Waals surface area (Å²) in [5, 5.41) is 0. The highest BCUT2D eigenvalue weighted by atomic mass is 32.2. The van der Waals surface area contributed by atoms with E-state index in [0.717, 1.165) is 34.1 Å².